The molecule has 0 unspecified atom stereocenters. The van der Waals surface area contributed by atoms with Crippen LogP contribution in [-0.2, 0) is 14.3 Å². The minimum atomic E-state index is -0.555. The zero-order chi connectivity index (χ0) is 23.9. The van der Waals surface area contributed by atoms with Crippen molar-refractivity contribution >= 4 is 34.5 Å². The average Bonchev–Trinajstić information content (AvgIpc) is 3.16. The predicted octanol–water partition coefficient (Wildman–Crippen LogP) is 3.59. The van der Waals surface area contributed by atoms with E-state index in [2.05, 4.69) is 5.32 Å². The highest BCUT2D eigenvalue weighted by atomic mass is 19.1. The van der Waals surface area contributed by atoms with Crippen LogP contribution in [0.1, 0.15) is 52.5 Å². The molecule has 3 amide bonds. The molecular weight excluding hydrogens is 427 g/mol. The van der Waals surface area contributed by atoms with E-state index in [-0.39, 0.29) is 36.2 Å². The summed E-state index contributed by atoms with van der Waals surface area (Å²) in [5.74, 6) is -0.915. The minimum Gasteiger partial charge on any atom is -0.444 e. The summed E-state index contributed by atoms with van der Waals surface area (Å²) >= 11 is 0. The van der Waals surface area contributed by atoms with Gasteiger partial charge in [-0.3, -0.25) is 14.9 Å². The molecule has 2 fully saturated rings. The van der Waals surface area contributed by atoms with E-state index < -0.39 is 11.6 Å². The van der Waals surface area contributed by atoms with E-state index in [9.17, 15) is 18.8 Å². The fourth-order valence-electron chi connectivity index (χ4n) is 4.70. The maximum absolute atomic E-state index is 15.0. The van der Waals surface area contributed by atoms with Gasteiger partial charge in [0.15, 0.2) is 0 Å². The zero-order valence-corrected chi connectivity index (χ0v) is 19.6. The van der Waals surface area contributed by atoms with E-state index in [0.717, 1.165) is 10.9 Å². The number of anilines is 1. The molecular formula is C24H31FN4O4. The average molecular weight is 459 g/mol. The van der Waals surface area contributed by atoms with Crippen LogP contribution in [0.2, 0.25) is 0 Å². The molecule has 8 nitrogen and oxygen atoms in total. The van der Waals surface area contributed by atoms with E-state index in [1.54, 1.807) is 24.2 Å². The van der Waals surface area contributed by atoms with Gasteiger partial charge in [-0.25, -0.2) is 9.18 Å². The van der Waals surface area contributed by atoms with Crippen molar-refractivity contribution in [1.82, 2.24) is 14.8 Å². The van der Waals surface area contributed by atoms with Gasteiger partial charge in [0.2, 0.25) is 11.8 Å². The van der Waals surface area contributed by atoms with Gasteiger partial charge < -0.3 is 19.1 Å². The Morgan fingerprint density at radius 1 is 1.15 bits per heavy atom. The van der Waals surface area contributed by atoms with Gasteiger partial charge in [0.1, 0.15) is 17.5 Å². The summed E-state index contributed by atoms with van der Waals surface area (Å²) in [6.07, 6.45) is 3.53. The number of benzene rings is 1. The number of amides is 3. The minimum absolute atomic E-state index is 0.0198. The van der Waals surface area contributed by atoms with Crippen molar-refractivity contribution in [3.05, 3.63) is 30.2 Å². The standard InChI is InChI=1S/C24H31FN4O4/c1-24(2,3)33-23(32)27(4)15-9-12-28(13-10-15)21-16-11-14-29(18(16)6-5-17(21)25)19-7-8-20(30)26-22(19)31/h5-6,11,14-15,19H,7-10,12-13H2,1-4H3,(H,26,30,31)/t19-/m1/s1. The van der Waals surface area contributed by atoms with Crippen LogP contribution in [0.4, 0.5) is 14.9 Å². The van der Waals surface area contributed by atoms with E-state index >= 15 is 0 Å². The van der Waals surface area contributed by atoms with Crippen molar-refractivity contribution in [2.75, 3.05) is 25.0 Å². The van der Waals surface area contributed by atoms with Gasteiger partial charge in [-0.15, -0.1) is 0 Å². The van der Waals surface area contributed by atoms with Crippen LogP contribution in [0, 0.1) is 5.82 Å². The third-order valence-electron chi connectivity index (χ3n) is 6.38. The molecule has 2 saturated heterocycles. The summed E-state index contributed by atoms with van der Waals surface area (Å²) < 4.78 is 22.3. The van der Waals surface area contributed by atoms with Gasteiger partial charge in [-0.05, 0) is 58.2 Å². The maximum atomic E-state index is 15.0. The Morgan fingerprint density at radius 2 is 1.85 bits per heavy atom. The molecule has 0 bridgehead atoms. The number of carbonyl (C=O) groups is 3. The number of hydrogen-bond acceptors (Lipinski definition) is 5. The van der Waals surface area contributed by atoms with Crippen LogP contribution in [0.5, 0.6) is 0 Å². The fourth-order valence-corrected chi connectivity index (χ4v) is 4.70. The second kappa shape index (κ2) is 8.68. The van der Waals surface area contributed by atoms with E-state index in [1.807, 2.05) is 36.3 Å². The Labute approximate surface area is 192 Å². The molecule has 0 aliphatic carbocycles. The molecule has 1 aromatic carbocycles. The lowest BCUT2D eigenvalue weighted by atomic mass is 10.0. The van der Waals surface area contributed by atoms with Gasteiger partial charge in [-0.1, -0.05) is 0 Å². The summed E-state index contributed by atoms with van der Waals surface area (Å²) in [7, 11) is 1.75. The lowest BCUT2D eigenvalue weighted by molar-refractivity contribution is -0.135. The van der Waals surface area contributed by atoms with Crippen LogP contribution in [0.25, 0.3) is 10.9 Å². The summed E-state index contributed by atoms with van der Waals surface area (Å²) in [6, 6.07) is 4.47. The molecule has 2 aromatic rings. The first-order valence-corrected chi connectivity index (χ1v) is 11.4. The Hall–Kier alpha value is -3.10. The van der Waals surface area contributed by atoms with Crippen molar-refractivity contribution in [3.63, 3.8) is 0 Å². The second-order valence-corrected chi connectivity index (χ2v) is 9.83. The molecule has 0 spiro atoms. The summed E-state index contributed by atoms with van der Waals surface area (Å²) in [5.41, 5.74) is 0.714. The summed E-state index contributed by atoms with van der Waals surface area (Å²) in [6.45, 7) is 6.71. The molecule has 0 saturated carbocycles. The Kier molecular flexibility index (Phi) is 6.07. The van der Waals surface area contributed by atoms with E-state index in [1.165, 1.54) is 6.07 Å². The third kappa shape index (κ3) is 4.67. The number of imide groups is 1. The van der Waals surface area contributed by atoms with Gasteiger partial charge in [0.25, 0.3) is 0 Å². The molecule has 1 aromatic heterocycles. The van der Waals surface area contributed by atoms with Gasteiger partial charge in [0, 0.05) is 44.2 Å². The van der Waals surface area contributed by atoms with Gasteiger partial charge >= 0.3 is 6.09 Å². The molecule has 9 heteroatoms. The van der Waals surface area contributed by atoms with Crippen LogP contribution in [0.15, 0.2) is 24.4 Å². The first-order valence-electron chi connectivity index (χ1n) is 11.4. The normalized spacial score (nSPS) is 20.2. The van der Waals surface area contributed by atoms with Gasteiger partial charge in [0.05, 0.1) is 11.2 Å². The first kappa shape index (κ1) is 23.1. The molecule has 2 aliphatic heterocycles. The number of nitrogens with one attached hydrogen (secondary N) is 1. The van der Waals surface area contributed by atoms with Crippen molar-refractivity contribution in [3.8, 4) is 0 Å². The molecule has 2 aliphatic rings. The number of aromatic nitrogens is 1. The smallest absolute Gasteiger partial charge is 0.410 e. The summed E-state index contributed by atoms with van der Waals surface area (Å²) in [5, 5.41) is 3.12. The van der Waals surface area contributed by atoms with Crippen molar-refractivity contribution in [2.24, 2.45) is 0 Å². The Morgan fingerprint density at radius 3 is 2.48 bits per heavy atom. The van der Waals surface area contributed by atoms with Crippen molar-refractivity contribution in [1.29, 1.82) is 0 Å². The SMILES string of the molecule is CN(C(=O)OC(C)(C)C)C1CCN(c2c(F)ccc3c2ccn3[C@@H]2CCC(=O)NC2=O)CC1. The molecule has 4 rings (SSSR count). The van der Waals surface area contributed by atoms with Crippen LogP contribution < -0.4 is 10.2 Å². The summed E-state index contributed by atoms with van der Waals surface area (Å²) in [4.78, 5) is 39.9. The van der Waals surface area contributed by atoms with Crippen molar-refractivity contribution in [2.45, 2.75) is 64.1 Å². The molecule has 33 heavy (non-hydrogen) atoms. The predicted molar refractivity (Wildman–Crippen MR) is 123 cm³/mol. The highest BCUT2D eigenvalue weighted by Crippen LogP contribution is 2.35. The highest BCUT2D eigenvalue weighted by molar-refractivity contribution is 6.01. The number of ether oxygens (including phenoxy) is 1. The Balaban J connectivity index is 1.52. The fraction of sp³-hybridized carbons (Fsp3) is 0.542. The van der Waals surface area contributed by atoms with E-state index in [4.69, 9.17) is 4.74 Å². The molecule has 178 valence electrons. The van der Waals surface area contributed by atoms with Crippen LogP contribution in [-0.4, -0.2) is 59.2 Å². The lowest BCUT2D eigenvalue weighted by Gasteiger charge is -2.38. The molecule has 1 N–H and O–H groups in total. The lowest BCUT2D eigenvalue weighted by Crippen LogP contribution is -2.47. The zero-order valence-electron chi connectivity index (χ0n) is 19.6. The molecule has 0 radical (unpaired) electrons. The number of hydrogen-bond donors (Lipinski definition) is 1. The highest BCUT2D eigenvalue weighted by Gasteiger charge is 2.32. The van der Waals surface area contributed by atoms with Gasteiger partial charge in [-0.2, -0.15) is 0 Å². The molecule has 1 atom stereocenters. The van der Waals surface area contributed by atoms with E-state index in [0.29, 0.717) is 38.0 Å². The molecule has 3 heterocycles. The second-order valence-electron chi connectivity index (χ2n) is 9.83. The number of carbonyl (C=O) groups excluding carboxylic acids is 3. The first-order chi connectivity index (χ1) is 15.5. The van der Waals surface area contributed by atoms with Crippen molar-refractivity contribution < 1.29 is 23.5 Å². The Bertz CT molecular complexity index is 1080. The van der Waals surface area contributed by atoms with Crippen LogP contribution in [0.3, 0.4) is 0 Å². The number of piperidine rings is 2. The largest absolute Gasteiger partial charge is 0.444 e. The number of rotatable bonds is 3. The van der Waals surface area contributed by atoms with Crippen LogP contribution >= 0.6 is 0 Å². The number of halogens is 1. The number of nitrogens with zero attached hydrogens (tertiary/aromatic N) is 3. The quantitative estimate of drug-likeness (QED) is 0.711. The maximum Gasteiger partial charge on any atom is 0.410 e. The topological polar surface area (TPSA) is 83.9 Å². The third-order valence-corrected chi connectivity index (χ3v) is 6.38. The monoisotopic (exact) mass is 458 g/mol. The number of fused-ring (bicyclic) bond motifs is 1.